The van der Waals surface area contributed by atoms with Crippen molar-refractivity contribution >= 4 is 47.4 Å². The van der Waals surface area contributed by atoms with Crippen LogP contribution in [0.4, 0.5) is 0 Å². The normalized spacial score (nSPS) is 10.7. The SMILES string of the molecule is CN=C(NCCc1ccc(Cl)cc1)NCc1cccc(OCC(N)=O)c1.I. The number of primary amides is 1. The van der Waals surface area contributed by atoms with Crippen LogP contribution >= 0.6 is 35.6 Å². The highest BCUT2D eigenvalue weighted by Gasteiger charge is 2.02. The van der Waals surface area contributed by atoms with Crippen molar-refractivity contribution in [2.24, 2.45) is 10.7 Å². The fourth-order valence-corrected chi connectivity index (χ4v) is 2.41. The molecular weight excluding hydrogens is 479 g/mol. The Morgan fingerprint density at radius 2 is 1.89 bits per heavy atom. The van der Waals surface area contributed by atoms with Crippen molar-refractivity contribution in [2.45, 2.75) is 13.0 Å². The van der Waals surface area contributed by atoms with Crippen LogP contribution < -0.4 is 21.1 Å². The van der Waals surface area contributed by atoms with Crippen molar-refractivity contribution in [1.29, 1.82) is 0 Å². The predicted molar refractivity (Wildman–Crippen MR) is 120 cm³/mol. The molecule has 0 aliphatic rings. The monoisotopic (exact) mass is 502 g/mol. The Morgan fingerprint density at radius 1 is 1.15 bits per heavy atom. The van der Waals surface area contributed by atoms with E-state index < -0.39 is 5.91 Å². The van der Waals surface area contributed by atoms with Gasteiger partial charge >= 0.3 is 0 Å². The minimum absolute atomic E-state index is 0. The maximum absolute atomic E-state index is 10.8. The van der Waals surface area contributed by atoms with Crippen LogP contribution in [0.2, 0.25) is 5.02 Å². The quantitative estimate of drug-likeness (QED) is 0.294. The van der Waals surface area contributed by atoms with E-state index in [0.717, 1.165) is 23.6 Å². The van der Waals surface area contributed by atoms with Gasteiger partial charge in [0.1, 0.15) is 5.75 Å². The van der Waals surface area contributed by atoms with Crippen LogP contribution in [0.5, 0.6) is 5.75 Å². The number of amides is 1. The van der Waals surface area contributed by atoms with E-state index in [0.29, 0.717) is 18.3 Å². The van der Waals surface area contributed by atoms with Crippen molar-refractivity contribution < 1.29 is 9.53 Å². The van der Waals surface area contributed by atoms with E-state index in [1.54, 1.807) is 13.1 Å². The highest BCUT2D eigenvalue weighted by atomic mass is 127. The van der Waals surface area contributed by atoms with Crippen molar-refractivity contribution in [1.82, 2.24) is 10.6 Å². The summed E-state index contributed by atoms with van der Waals surface area (Å²) in [5.74, 6) is 0.815. The zero-order valence-corrected chi connectivity index (χ0v) is 18.2. The average molecular weight is 503 g/mol. The number of aliphatic imine (C=N–C) groups is 1. The second-order valence-corrected chi connectivity index (χ2v) is 6.07. The van der Waals surface area contributed by atoms with Crippen molar-refractivity contribution in [3.63, 3.8) is 0 Å². The maximum atomic E-state index is 10.8. The highest BCUT2D eigenvalue weighted by Crippen LogP contribution is 2.13. The molecule has 2 aromatic rings. The molecule has 0 saturated carbocycles. The third kappa shape index (κ3) is 8.96. The molecule has 6 nitrogen and oxygen atoms in total. The lowest BCUT2D eigenvalue weighted by Gasteiger charge is -2.13. The number of guanidine groups is 1. The number of nitrogens with one attached hydrogen (secondary N) is 2. The van der Waals surface area contributed by atoms with Crippen LogP contribution in [0.15, 0.2) is 53.5 Å². The molecule has 8 heteroatoms. The van der Waals surface area contributed by atoms with E-state index in [-0.39, 0.29) is 30.6 Å². The Hall–Kier alpha value is -2.00. The predicted octanol–water partition coefficient (Wildman–Crippen LogP) is 2.73. The first-order chi connectivity index (χ1) is 12.6. The van der Waals surface area contributed by atoms with Crippen LogP contribution in [0, 0.1) is 0 Å². The standard InChI is InChI=1S/C19H23ClN4O2.HI/c1-22-19(23-10-9-14-5-7-16(20)8-6-14)24-12-15-3-2-4-17(11-15)26-13-18(21)25;/h2-8,11H,9-10,12-13H2,1H3,(H2,21,25)(H2,22,23,24);1H. The molecule has 0 unspecified atom stereocenters. The molecule has 0 aromatic heterocycles. The van der Waals surface area contributed by atoms with Crippen molar-refractivity contribution in [3.05, 3.63) is 64.7 Å². The summed E-state index contributed by atoms with van der Waals surface area (Å²) in [5, 5.41) is 7.25. The Labute approximate surface area is 181 Å². The van der Waals surface area contributed by atoms with Gasteiger partial charge in [-0.1, -0.05) is 35.9 Å². The van der Waals surface area contributed by atoms with Gasteiger partial charge in [-0.05, 0) is 41.8 Å². The minimum Gasteiger partial charge on any atom is -0.484 e. The van der Waals surface area contributed by atoms with Gasteiger partial charge in [-0.3, -0.25) is 9.79 Å². The second-order valence-electron chi connectivity index (χ2n) is 5.63. The van der Waals surface area contributed by atoms with Gasteiger partial charge in [-0.2, -0.15) is 0 Å². The second kappa shape index (κ2) is 12.4. The fraction of sp³-hybridized carbons (Fsp3) is 0.263. The number of rotatable bonds is 8. The van der Waals surface area contributed by atoms with Crippen LogP contribution in [-0.4, -0.2) is 32.1 Å². The van der Waals surface area contributed by atoms with Gasteiger partial charge < -0.3 is 21.1 Å². The molecule has 0 fully saturated rings. The highest BCUT2D eigenvalue weighted by molar-refractivity contribution is 14.0. The van der Waals surface area contributed by atoms with Gasteiger partial charge in [-0.15, -0.1) is 24.0 Å². The van der Waals surface area contributed by atoms with Crippen LogP contribution in [0.1, 0.15) is 11.1 Å². The lowest BCUT2D eigenvalue weighted by atomic mass is 10.1. The molecule has 0 aliphatic heterocycles. The van der Waals surface area contributed by atoms with Gasteiger partial charge in [0, 0.05) is 25.2 Å². The zero-order valence-electron chi connectivity index (χ0n) is 15.1. The number of halogens is 2. The number of hydrogen-bond donors (Lipinski definition) is 3. The first-order valence-electron chi connectivity index (χ1n) is 8.26. The number of carbonyl (C=O) groups is 1. The number of benzene rings is 2. The van der Waals surface area contributed by atoms with E-state index in [2.05, 4.69) is 15.6 Å². The smallest absolute Gasteiger partial charge is 0.255 e. The molecule has 2 aromatic carbocycles. The number of ether oxygens (including phenoxy) is 1. The maximum Gasteiger partial charge on any atom is 0.255 e. The number of nitrogens with zero attached hydrogens (tertiary/aromatic N) is 1. The molecule has 4 N–H and O–H groups in total. The van der Waals surface area contributed by atoms with E-state index in [9.17, 15) is 4.79 Å². The molecule has 1 amide bonds. The minimum atomic E-state index is -0.501. The third-order valence-corrected chi connectivity index (χ3v) is 3.83. The first-order valence-corrected chi connectivity index (χ1v) is 8.63. The molecular formula is C19H24ClIN4O2. The largest absolute Gasteiger partial charge is 0.484 e. The molecule has 0 aliphatic carbocycles. The Morgan fingerprint density at radius 3 is 2.56 bits per heavy atom. The number of nitrogens with two attached hydrogens (primary N) is 1. The van der Waals surface area contributed by atoms with Gasteiger partial charge in [0.15, 0.2) is 12.6 Å². The Kier molecular flexibility index (Phi) is 10.6. The Bertz CT molecular complexity index is 754. The molecule has 2 rings (SSSR count). The van der Waals surface area contributed by atoms with Gasteiger partial charge in [0.2, 0.25) is 0 Å². The number of carbonyl (C=O) groups excluding carboxylic acids is 1. The molecule has 0 heterocycles. The molecule has 0 saturated heterocycles. The summed E-state index contributed by atoms with van der Waals surface area (Å²) >= 11 is 5.89. The van der Waals surface area contributed by atoms with Crippen molar-refractivity contribution in [3.8, 4) is 5.75 Å². The third-order valence-electron chi connectivity index (χ3n) is 3.58. The van der Waals surface area contributed by atoms with E-state index in [1.807, 2.05) is 42.5 Å². The van der Waals surface area contributed by atoms with E-state index >= 15 is 0 Å². The molecule has 27 heavy (non-hydrogen) atoms. The molecule has 0 spiro atoms. The summed E-state index contributed by atoms with van der Waals surface area (Å²) in [6.45, 7) is 1.20. The summed E-state index contributed by atoms with van der Waals surface area (Å²) in [6.07, 6.45) is 0.869. The van der Waals surface area contributed by atoms with Gasteiger partial charge in [0.05, 0.1) is 0 Å². The van der Waals surface area contributed by atoms with Crippen LogP contribution in [0.25, 0.3) is 0 Å². The van der Waals surface area contributed by atoms with Gasteiger partial charge in [-0.25, -0.2) is 0 Å². The van der Waals surface area contributed by atoms with Crippen LogP contribution in [-0.2, 0) is 17.8 Å². The summed E-state index contributed by atoms with van der Waals surface area (Å²) in [7, 11) is 1.73. The lowest BCUT2D eigenvalue weighted by Crippen LogP contribution is -2.37. The molecule has 0 bridgehead atoms. The van der Waals surface area contributed by atoms with Crippen molar-refractivity contribution in [2.75, 3.05) is 20.2 Å². The number of hydrogen-bond acceptors (Lipinski definition) is 3. The van der Waals surface area contributed by atoms with Crippen LogP contribution in [0.3, 0.4) is 0 Å². The van der Waals surface area contributed by atoms with E-state index in [1.165, 1.54) is 5.56 Å². The molecule has 0 atom stereocenters. The topological polar surface area (TPSA) is 88.7 Å². The first kappa shape index (κ1) is 23.0. The fourth-order valence-electron chi connectivity index (χ4n) is 2.28. The summed E-state index contributed by atoms with van der Waals surface area (Å²) in [4.78, 5) is 15.0. The lowest BCUT2D eigenvalue weighted by molar-refractivity contribution is -0.119. The zero-order chi connectivity index (χ0) is 18.8. The summed E-state index contributed by atoms with van der Waals surface area (Å²) in [5.41, 5.74) is 7.30. The summed E-state index contributed by atoms with van der Waals surface area (Å²) < 4.78 is 5.31. The average Bonchev–Trinajstić information content (AvgIpc) is 2.64. The molecule has 0 radical (unpaired) electrons. The molecule has 146 valence electrons. The Balaban J connectivity index is 0.00000364. The summed E-state index contributed by atoms with van der Waals surface area (Å²) in [6, 6.07) is 15.3. The van der Waals surface area contributed by atoms with Gasteiger partial charge in [0.25, 0.3) is 5.91 Å². The van der Waals surface area contributed by atoms with E-state index in [4.69, 9.17) is 22.1 Å².